The summed E-state index contributed by atoms with van der Waals surface area (Å²) in [5.41, 5.74) is 1.38. The van der Waals surface area contributed by atoms with Crippen molar-refractivity contribution >= 4 is 17.5 Å². The van der Waals surface area contributed by atoms with E-state index in [1.165, 1.54) is 12.1 Å². The van der Waals surface area contributed by atoms with Crippen molar-refractivity contribution in [2.24, 2.45) is 5.92 Å². The molecule has 29 heavy (non-hydrogen) atoms. The number of anilines is 1. The second-order valence-corrected chi connectivity index (χ2v) is 6.89. The van der Waals surface area contributed by atoms with Crippen molar-refractivity contribution < 1.29 is 23.5 Å². The summed E-state index contributed by atoms with van der Waals surface area (Å²) >= 11 is 0. The van der Waals surface area contributed by atoms with Crippen LogP contribution in [-0.4, -0.2) is 39.2 Å². The van der Waals surface area contributed by atoms with Gasteiger partial charge in [0.1, 0.15) is 11.6 Å². The van der Waals surface area contributed by atoms with Gasteiger partial charge < -0.3 is 19.7 Å². The summed E-state index contributed by atoms with van der Waals surface area (Å²) in [6.45, 7) is 0.791. The molecule has 0 aromatic heterocycles. The number of benzene rings is 2. The van der Waals surface area contributed by atoms with Gasteiger partial charge in [-0.1, -0.05) is 12.1 Å². The first-order valence-electron chi connectivity index (χ1n) is 9.53. The summed E-state index contributed by atoms with van der Waals surface area (Å²) in [6, 6.07) is 12.5. The zero-order chi connectivity index (χ0) is 20.8. The molecule has 2 atom stereocenters. The molecule has 154 valence electrons. The molecule has 0 saturated carbocycles. The summed E-state index contributed by atoms with van der Waals surface area (Å²) in [7, 11) is 3.14. The van der Waals surface area contributed by atoms with E-state index in [2.05, 4.69) is 5.32 Å². The van der Waals surface area contributed by atoms with Gasteiger partial charge in [0, 0.05) is 25.8 Å². The number of methoxy groups -OCH3 is 2. The van der Waals surface area contributed by atoms with E-state index >= 15 is 0 Å². The van der Waals surface area contributed by atoms with E-state index in [0.29, 0.717) is 36.6 Å². The molecule has 1 fully saturated rings. The van der Waals surface area contributed by atoms with Crippen LogP contribution < -0.4 is 15.0 Å². The number of halogens is 1. The number of ether oxygens (including phenoxy) is 2. The van der Waals surface area contributed by atoms with E-state index in [1.807, 2.05) is 0 Å². The van der Waals surface area contributed by atoms with E-state index in [-0.39, 0.29) is 24.1 Å². The molecule has 3 rings (SSSR count). The van der Waals surface area contributed by atoms with Crippen LogP contribution in [0.1, 0.15) is 24.4 Å². The number of piperidine rings is 1. The lowest BCUT2D eigenvalue weighted by atomic mass is 9.83. The lowest BCUT2D eigenvalue weighted by Gasteiger charge is -2.41. The molecule has 0 unspecified atom stereocenters. The fourth-order valence-corrected chi connectivity index (χ4v) is 3.66. The zero-order valence-electron chi connectivity index (χ0n) is 16.6. The highest BCUT2D eigenvalue weighted by molar-refractivity contribution is 5.97. The van der Waals surface area contributed by atoms with Gasteiger partial charge in [0.05, 0.1) is 25.7 Å². The molecular weight excluding hydrogens is 375 g/mol. The molecule has 2 aromatic carbocycles. The molecule has 1 N–H and O–H groups in total. The third-order valence-electron chi connectivity index (χ3n) is 5.10. The molecule has 2 aromatic rings. The quantitative estimate of drug-likeness (QED) is 0.726. The van der Waals surface area contributed by atoms with E-state index in [9.17, 15) is 14.0 Å². The van der Waals surface area contributed by atoms with E-state index in [4.69, 9.17) is 9.47 Å². The molecule has 0 spiro atoms. The second-order valence-electron chi connectivity index (χ2n) is 6.89. The Morgan fingerprint density at radius 1 is 1.14 bits per heavy atom. The highest BCUT2D eigenvalue weighted by Gasteiger charge is 2.41. The van der Waals surface area contributed by atoms with Crippen molar-refractivity contribution in [3.8, 4) is 5.75 Å². The molecule has 1 aliphatic heterocycles. The van der Waals surface area contributed by atoms with Crippen LogP contribution in [0.15, 0.2) is 48.5 Å². The molecule has 7 heteroatoms. The highest BCUT2D eigenvalue weighted by atomic mass is 19.1. The standard InChI is InChI=1S/C22H25FN2O4/c1-28-14-13-24-22(27)19-11-12-20(26)25(17-7-9-18(29-2)10-8-17)21(19)15-3-5-16(23)6-4-15/h3-10,19,21H,11-14H2,1-2H3,(H,24,27)/t19-,21+/m1/s1. The third kappa shape index (κ3) is 4.74. The predicted molar refractivity (Wildman–Crippen MR) is 107 cm³/mol. The van der Waals surface area contributed by atoms with Gasteiger partial charge in [-0.15, -0.1) is 0 Å². The van der Waals surface area contributed by atoms with Crippen molar-refractivity contribution in [1.82, 2.24) is 5.32 Å². The summed E-state index contributed by atoms with van der Waals surface area (Å²) in [5.74, 6) is -0.386. The molecule has 6 nitrogen and oxygen atoms in total. The minimum Gasteiger partial charge on any atom is -0.497 e. The summed E-state index contributed by atoms with van der Waals surface area (Å²) in [4.78, 5) is 27.4. The Hall–Kier alpha value is -2.93. The maximum Gasteiger partial charge on any atom is 0.227 e. The smallest absolute Gasteiger partial charge is 0.227 e. The van der Waals surface area contributed by atoms with Crippen LogP contribution in [0.4, 0.5) is 10.1 Å². The van der Waals surface area contributed by atoms with Gasteiger partial charge in [0.15, 0.2) is 0 Å². The SMILES string of the molecule is COCCNC(=O)[C@@H]1CCC(=O)N(c2ccc(OC)cc2)[C@H]1c1ccc(F)cc1. The van der Waals surface area contributed by atoms with Crippen molar-refractivity contribution in [2.75, 3.05) is 32.3 Å². The maximum absolute atomic E-state index is 13.5. The largest absolute Gasteiger partial charge is 0.497 e. The first-order valence-corrected chi connectivity index (χ1v) is 9.53. The fraction of sp³-hybridized carbons (Fsp3) is 0.364. The average Bonchev–Trinajstić information content (AvgIpc) is 2.74. The number of nitrogens with one attached hydrogen (secondary N) is 1. The molecular formula is C22H25FN2O4. The monoisotopic (exact) mass is 400 g/mol. The van der Waals surface area contributed by atoms with Crippen molar-refractivity contribution in [2.45, 2.75) is 18.9 Å². The normalized spacial score (nSPS) is 19.1. The molecule has 2 amide bonds. The van der Waals surface area contributed by atoms with Crippen LogP contribution in [0.25, 0.3) is 0 Å². The van der Waals surface area contributed by atoms with Crippen LogP contribution in [0.2, 0.25) is 0 Å². The zero-order valence-corrected chi connectivity index (χ0v) is 16.6. The summed E-state index contributed by atoms with van der Waals surface area (Å²) in [5, 5.41) is 2.87. The van der Waals surface area contributed by atoms with Crippen LogP contribution in [0.5, 0.6) is 5.75 Å². The van der Waals surface area contributed by atoms with Crippen molar-refractivity contribution in [1.29, 1.82) is 0 Å². The number of carbonyl (C=O) groups is 2. The molecule has 1 heterocycles. The van der Waals surface area contributed by atoms with E-state index in [0.717, 1.165) is 0 Å². The number of rotatable bonds is 7. The Balaban J connectivity index is 1.98. The van der Waals surface area contributed by atoms with Crippen LogP contribution in [0, 0.1) is 11.7 Å². The lowest BCUT2D eigenvalue weighted by molar-refractivity contribution is -0.129. The third-order valence-corrected chi connectivity index (χ3v) is 5.10. The fourth-order valence-electron chi connectivity index (χ4n) is 3.66. The topological polar surface area (TPSA) is 67.9 Å². The Kier molecular flexibility index (Phi) is 6.82. The molecule has 0 aliphatic carbocycles. The van der Waals surface area contributed by atoms with Crippen LogP contribution >= 0.6 is 0 Å². The van der Waals surface area contributed by atoms with Crippen molar-refractivity contribution in [3.63, 3.8) is 0 Å². The average molecular weight is 400 g/mol. The Morgan fingerprint density at radius 2 is 1.83 bits per heavy atom. The van der Waals surface area contributed by atoms with Gasteiger partial charge in [-0.2, -0.15) is 0 Å². The molecule has 0 radical (unpaired) electrons. The van der Waals surface area contributed by atoms with Crippen LogP contribution in [-0.2, 0) is 14.3 Å². The van der Waals surface area contributed by atoms with Crippen molar-refractivity contribution in [3.05, 3.63) is 59.9 Å². The Labute approximate surface area is 169 Å². The minimum absolute atomic E-state index is 0.0783. The van der Waals surface area contributed by atoms with Gasteiger partial charge in [-0.25, -0.2) is 4.39 Å². The summed E-state index contributed by atoms with van der Waals surface area (Å²) in [6.07, 6.45) is 0.679. The van der Waals surface area contributed by atoms with Gasteiger partial charge >= 0.3 is 0 Å². The van der Waals surface area contributed by atoms with Gasteiger partial charge in [-0.05, 0) is 48.4 Å². The highest BCUT2D eigenvalue weighted by Crippen LogP contribution is 2.40. The number of hydrogen-bond acceptors (Lipinski definition) is 4. The second kappa shape index (κ2) is 9.52. The van der Waals surface area contributed by atoms with Crippen LogP contribution in [0.3, 0.4) is 0 Å². The maximum atomic E-state index is 13.5. The summed E-state index contributed by atoms with van der Waals surface area (Å²) < 4.78 is 23.7. The molecule has 1 saturated heterocycles. The number of carbonyl (C=O) groups excluding carboxylic acids is 2. The first kappa shape index (κ1) is 20.8. The minimum atomic E-state index is -0.534. The Morgan fingerprint density at radius 3 is 2.45 bits per heavy atom. The van der Waals surface area contributed by atoms with Gasteiger partial charge in [-0.3, -0.25) is 9.59 Å². The molecule has 0 bridgehead atoms. The number of hydrogen-bond donors (Lipinski definition) is 1. The predicted octanol–water partition coefficient (Wildman–Crippen LogP) is 3.08. The molecule has 1 aliphatic rings. The number of nitrogens with zero attached hydrogens (tertiary/aromatic N) is 1. The number of amides is 2. The first-order chi connectivity index (χ1) is 14.0. The lowest BCUT2D eigenvalue weighted by Crippen LogP contribution is -2.48. The van der Waals surface area contributed by atoms with Gasteiger partial charge in [0.25, 0.3) is 0 Å². The van der Waals surface area contributed by atoms with Gasteiger partial charge in [0.2, 0.25) is 11.8 Å². The Bertz CT molecular complexity index is 839. The van der Waals surface area contributed by atoms with E-state index in [1.54, 1.807) is 55.5 Å². The van der Waals surface area contributed by atoms with E-state index < -0.39 is 12.0 Å².